The average Bonchev–Trinajstić information content (AvgIpc) is 2.75. The second kappa shape index (κ2) is 5.64. The van der Waals surface area contributed by atoms with E-state index in [1.54, 1.807) is 24.5 Å². The molecular formula is C12H13ClN4O. The first-order valence-corrected chi connectivity index (χ1v) is 5.91. The van der Waals surface area contributed by atoms with Crippen molar-refractivity contribution in [2.45, 2.75) is 6.42 Å². The fourth-order valence-electron chi connectivity index (χ4n) is 1.58. The van der Waals surface area contributed by atoms with Crippen molar-refractivity contribution in [3.63, 3.8) is 0 Å². The highest BCUT2D eigenvalue weighted by atomic mass is 35.5. The van der Waals surface area contributed by atoms with Crippen LogP contribution in [0.2, 0.25) is 5.15 Å². The summed E-state index contributed by atoms with van der Waals surface area (Å²) in [6, 6.07) is 3.32. The molecule has 2 heterocycles. The van der Waals surface area contributed by atoms with Gasteiger partial charge in [-0.2, -0.15) is 0 Å². The second-order valence-corrected chi connectivity index (χ2v) is 4.16. The van der Waals surface area contributed by atoms with Crippen LogP contribution >= 0.6 is 11.6 Å². The van der Waals surface area contributed by atoms with Crippen molar-refractivity contribution >= 4 is 17.5 Å². The Bertz CT molecular complexity index is 553. The third-order valence-corrected chi connectivity index (χ3v) is 2.86. The van der Waals surface area contributed by atoms with E-state index in [2.05, 4.69) is 15.3 Å². The highest BCUT2D eigenvalue weighted by Gasteiger charge is 2.10. The molecule has 0 saturated carbocycles. The van der Waals surface area contributed by atoms with E-state index in [4.69, 9.17) is 11.6 Å². The van der Waals surface area contributed by atoms with Gasteiger partial charge >= 0.3 is 0 Å². The Morgan fingerprint density at radius 3 is 2.94 bits per heavy atom. The van der Waals surface area contributed by atoms with Crippen molar-refractivity contribution < 1.29 is 4.79 Å². The zero-order valence-electron chi connectivity index (χ0n) is 9.93. The van der Waals surface area contributed by atoms with Crippen molar-refractivity contribution in [3.05, 3.63) is 47.3 Å². The Morgan fingerprint density at radius 2 is 2.28 bits per heavy atom. The van der Waals surface area contributed by atoms with Gasteiger partial charge in [0.15, 0.2) is 0 Å². The number of nitrogens with one attached hydrogen (secondary N) is 1. The minimum Gasteiger partial charge on any atom is -0.351 e. The molecule has 0 aliphatic heterocycles. The van der Waals surface area contributed by atoms with Crippen molar-refractivity contribution in [1.82, 2.24) is 19.9 Å². The summed E-state index contributed by atoms with van der Waals surface area (Å²) in [5.74, 6) is 0.704. The van der Waals surface area contributed by atoms with E-state index in [9.17, 15) is 4.79 Å². The Hall–Kier alpha value is -1.88. The van der Waals surface area contributed by atoms with E-state index in [0.29, 0.717) is 18.5 Å². The van der Waals surface area contributed by atoms with Crippen LogP contribution in [0, 0.1) is 0 Å². The van der Waals surface area contributed by atoms with E-state index in [1.165, 1.54) is 0 Å². The molecule has 6 heteroatoms. The summed E-state index contributed by atoms with van der Waals surface area (Å²) < 4.78 is 1.92. The molecule has 18 heavy (non-hydrogen) atoms. The van der Waals surface area contributed by atoms with Crippen LogP contribution in [0.3, 0.4) is 0 Å². The lowest BCUT2D eigenvalue weighted by Gasteiger charge is -2.06. The largest absolute Gasteiger partial charge is 0.351 e. The molecule has 1 amide bonds. The summed E-state index contributed by atoms with van der Waals surface area (Å²) >= 11 is 5.83. The number of rotatable bonds is 4. The van der Waals surface area contributed by atoms with Crippen LogP contribution in [0.25, 0.3) is 0 Å². The van der Waals surface area contributed by atoms with Crippen LogP contribution in [0.5, 0.6) is 0 Å². The van der Waals surface area contributed by atoms with Gasteiger partial charge in [0.1, 0.15) is 11.0 Å². The normalized spacial score (nSPS) is 10.3. The van der Waals surface area contributed by atoms with Gasteiger partial charge in [0.05, 0.1) is 5.56 Å². The number of aryl methyl sites for hydroxylation is 1. The Morgan fingerprint density at radius 1 is 1.44 bits per heavy atom. The summed E-state index contributed by atoms with van der Waals surface area (Å²) in [4.78, 5) is 19.9. The summed E-state index contributed by atoms with van der Waals surface area (Å²) in [7, 11) is 1.92. The number of carbonyl (C=O) groups excluding carboxylic acids is 1. The number of nitrogens with zero attached hydrogens (tertiary/aromatic N) is 3. The molecule has 0 aliphatic rings. The molecule has 0 bridgehead atoms. The van der Waals surface area contributed by atoms with Crippen LogP contribution in [0.4, 0.5) is 0 Å². The third kappa shape index (κ3) is 2.87. The van der Waals surface area contributed by atoms with Gasteiger partial charge in [-0.15, -0.1) is 0 Å². The van der Waals surface area contributed by atoms with Gasteiger partial charge in [-0.1, -0.05) is 11.6 Å². The lowest BCUT2D eigenvalue weighted by molar-refractivity contribution is 0.0953. The van der Waals surface area contributed by atoms with Crippen molar-refractivity contribution in [2.24, 2.45) is 7.05 Å². The number of carbonyl (C=O) groups is 1. The van der Waals surface area contributed by atoms with E-state index in [0.717, 1.165) is 5.82 Å². The highest BCUT2D eigenvalue weighted by Crippen LogP contribution is 2.10. The summed E-state index contributed by atoms with van der Waals surface area (Å²) in [5, 5.41) is 3.00. The van der Waals surface area contributed by atoms with Crippen LogP contribution in [-0.4, -0.2) is 27.0 Å². The Labute approximate surface area is 110 Å². The van der Waals surface area contributed by atoms with Crippen LogP contribution in [0.15, 0.2) is 30.7 Å². The van der Waals surface area contributed by atoms with Gasteiger partial charge in [0, 0.05) is 38.6 Å². The van der Waals surface area contributed by atoms with Crippen molar-refractivity contribution in [2.75, 3.05) is 6.54 Å². The molecule has 5 nitrogen and oxygen atoms in total. The number of hydrogen-bond acceptors (Lipinski definition) is 3. The molecule has 0 fully saturated rings. The van der Waals surface area contributed by atoms with Gasteiger partial charge in [-0.05, 0) is 12.1 Å². The van der Waals surface area contributed by atoms with E-state index in [1.807, 2.05) is 17.8 Å². The monoisotopic (exact) mass is 264 g/mol. The molecule has 0 saturated heterocycles. The van der Waals surface area contributed by atoms with Crippen molar-refractivity contribution in [1.29, 1.82) is 0 Å². The molecule has 0 unspecified atom stereocenters. The molecule has 0 spiro atoms. The summed E-state index contributed by atoms with van der Waals surface area (Å²) in [5.41, 5.74) is 0.388. The fraction of sp³-hybridized carbons (Fsp3) is 0.250. The number of hydrogen-bond donors (Lipinski definition) is 1. The zero-order valence-corrected chi connectivity index (χ0v) is 10.7. The van der Waals surface area contributed by atoms with Crippen LogP contribution < -0.4 is 5.32 Å². The Kier molecular flexibility index (Phi) is 3.94. The van der Waals surface area contributed by atoms with Gasteiger partial charge in [-0.25, -0.2) is 9.97 Å². The minimum atomic E-state index is -0.220. The molecular weight excluding hydrogens is 252 g/mol. The van der Waals surface area contributed by atoms with Crippen LogP contribution in [-0.2, 0) is 13.5 Å². The molecule has 94 valence electrons. The topological polar surface area (TPSA) is 59.8 Å². The lowest BCUT2D eigenvalue weighted by Crippen LogP contribution is -2.26. The SMILES string of the molecule is Cn1ccnc1CCNC(=O)c1cccnc1Cl. The van der Waals surface area contributed by atoms with Gasteiger partial charge in [0.25, 0.3) is 5.91 Å². The first-order chi connectivity index (χ1) is 8.68. The Balaban J connectivity index is 1.90. The molecule has 0 aromatic carbocycles. The van der Waals surface area contributed by atoms with Gasteiger partial charge < -0.3 is 9.88 Å². The molecule has 2 rings (SSSR count). The second-order valence-electron chi connectivity index (χ2n) is 3.80. The molecule has 0 radical (unpaired) electrons. The molecule has 0 aliphatic carbocycles. The number of amides is 1. The van der Waals surface area contributed by atoms with Gasteiger partial charge in [-0.3, -0.25) is 4.79 Å². The van der Waals surface area contributed by atoms with Crippen molar-refractivity contribution in [3.8, 4) is 0 Å². The summed E-state index contributed by atoms with van der Waals surface area (Å²) in [6.45, 7) is 0.509. The molecule has 2 aromatic rings. The maximum absolute atomic E-state index is 11.8. The number of imidazole rings is 1. The maximum atomic E-state index is 11.8. The quantitative estimate of drug-likeness (QED) is 0.850. The molecule has 0 atom stereocenters. The first kappa shape index (κ1) is 12.6. The third-order valence-electron chi connectivity index (χ3n) is 2.56. The van der Waals surface area contributed by atoms with E-state index in [-0.39, 0.29) is 11.1 Å². The average molecular weight is 265 g/mol. The highest BCUT2D eigenvalue weighted by molar-refractivity contribution is 6.32. The predicted molar refractivity (Wildman–Crippen MR) is 68.5 cm³/mol. The fourth-order valence-corrected chi connectivity index (χ4v) is 1.78. The number of pyridine rings is 1. The zero-order chi connectivity index (χ0) is 13.0. The number of aromatic nitrogens is 3. The van der Waals surface area contributed by atoms with E-state index < -0.39 is 0 Å². The first-order valence-electron chi connectivity index (χ1n) is 5.53. The molecule has 2 aromatic heterocycles. The lowest BCUT2D eigenvalue weighted by atomic mass is 10.2. The minimum absolute atomic E-state index is 0.215. The van der Waals surface area contributed by atoms with Gasteiger partial charge in [0.2, 0.25) is 0 Å². The summed E-state index contributed by atoms with van der Waals surface area (Å²) in [6.07, 6.45) is 5.82. The van der Waals surface area contributed by atoms with Crippen LogP contribution in [0.1, 0.15) is 16.2 Å². The molecule has 1 N–H and O–H groups in total. The smallest absolute Gasteiger partial charge is 0.254 e. The van der Waals surface area contributed by atoms with E-state index >= 15 is 0 Å². The predicted octanol–water partition coefficient (Wildman–Crippen LogP) is 1.44. The number of halogens is 1. The standard InChI is InChI=1S/C12H13ClN4O/c1-17-8-7-14-10(17)4-6-16-12(18)9-3-2-5-15-11(9)13/h2-3,5,7-8H,4,6H2,1H3,(H,16,18). The maximum Gasteiger partial charge on any atom is 0.254 e.